The molecule has 0 spiro atoms. The molecule has 0 N–H and O–H groups in total. The Hall–Kier alpha value is -1.64. The van der Waals surface area contributed by atoms with Gasteiger partial charge >= 0.3 is 0 Å². The number of rotatable bonds is 1. The predicted molar refractivity (Wildman–Crippen MR) is 67.8 cm³/mol. The smallest absolute Gasteiger partial charge is 0.0766 e. The molecule has 2 aromatic rings. The van der Waals surface area contributed by atoms with E-state index >= 15 is 0 Å². The van der Waals surface area contributed by atoms with E-state index in [1.165, 1.54) is 36.1 Å². The third-order valence-corrected chi connectivity index (χ3v) is 3.47. The van der Waals surface area contributed by atoms with Crippen LogP contribution >= 0.6 is 0 Å². The summed E-state index contributed by atoms with van der Waals surface area (Å²) in [5, 5.41) is 4.22. The van der Waals surface area contributed by atoms with Crippen LogP contribution in [-0.4, -0.2) is 14.8 Å². The number of hydrogen-bond donors (Lipinski definition) is 0. The van der Waals surface area contributed by atoms with Gasteiger partial charge in [-0.2, -0.15) is 5.10 Å². The van der Waals surface area contributed by atoms with Gasteiger partial charge < -0.3 is 0 Å². The number of fused-ring (bicyclic) bond motifs is 1. The Labute approximate surface area is 101 Å². The highest BCUT2D eigenvalue weighted by Crippen LogP contribution is 2.27. The molecule has 3 nitrogen and oxygen atoms in total. The summed E-state index contributed by atoms with van der Waals surface area (Å²) < 4.78 is 1.83. The van der Waals surface area contributed by atoms with Gasteiger partial charge in [0.15, 0.2) is 0 Å². The summed E-state index contributed by atoms with van der Waals surface area (Å²) >= 11 is 0. The van der Waals surface area contributed by atoms with Crippen molar-refractivity contribution in [2.45, 2.75) is 32.6 Å². The molecule has 1 aliphatic rings. The second kappa shape index (κ2) is 3.99. The first kappa shape index (κ1) is 10.5. The standard InChI is InChI=1S/C14H17N3/c1-10-7-11-5-3-4-6-13(11)16-14(10)12-8-15-17(2)9-12/h7-9H,3-6H2,1-2H3. The van der Waals surface area contributed by atoms with E-state index < -0.39 is 0 Å². The van der Waals surface area contributed by atoms with Crippen LogP contribution < -0.4 is 0 Å². The van der Waals surface area contributed by atoms with Gasteiger partial charge in [0.05, 0.1) is 11.9 Å². The van der Waals surface area contributed by atoms with Crippen molar-refractivity contribution in [2.75, 3.05) is 0 Å². The molecule has 3 heteroatoms. The van der Waals surface area contributed by atoms with Crippen LogP contribution in [0.5, 0.6) is 0 Å². The number of aromatic nitrogens is 3. The third kappa shape index (κ3) is 1.86. The van der Waals surface area contributed by atoms with Crippen molar-refractivity contribution < 1.29 is 0 Å². The minimum Gasteiger partial charge on any atom is -0.275 e. The first-order chi connectivity index (χ1) is 8.24. The summed E-state index contributed by atoms with van der Waals surface area (Å²) in [6.07, 6.45) is 8.82. The van der Waals surface area contributed by atoms with Gasteiger partial charge in [0.1, 0.15) is 0 Å². The largest absolute Gasteiger partial charge is 0.275 e. The lowest BCUT2D eigenvalue weighted by atomic mass is 9.93. The molecule has 3 rings (SSSR count). The Balaban J connectivity index is 2.11. The molecular formula is C14H17N3. The average Bonchev–Trinajstić information content (AvgIpc) is 2.75. The van der Waals surface area contributed by atoms with Gasteiger partial charge in [0.25, 0.3) is 0 Å². The van der Waals surface area contributed by atoms with Crippen LogP contribution in [0.15, 0.2) is 18.5 Å². The van der Waals surface area contributed by atoms with E-state index in [1.807, 2.05) is 24.1 Å². The minimum absolute atomic E-state index is 1.10. The molecule has 0 atom stereocenters. The van der Waals surface area contributed by atoms with Gasteiger partial charge in [-0.1, -0.05) is 6.07 Å². The zero-order valence-corrected chi connectivity index (χ0v) is 10.4. The zero-order chi connectivity index (χ0) is 11.8. The molecule has 1 aliphatic carbocycles. The zero-order valence-electron chi connectivity index (χ0n) is 10.4. The topological polar surface area (TPSA) is 30.7 Å². The summed E-state index contributed by atoms with van der Waals surface area (Å²) in [6, 6.07) is 2.31. The van der Waals surface area contributed by atoms with Crippen LogP contribution in [0.1, 0.15) is 29.7 Å². The molecule has 17 heavy (non-hydrogen) atoms. The van der Waals surface area contributed by atoms with Crippen molar-refractivity contribution in [3.8, 4) is 11.3 Å². The van der Waals surface area contributed by atoms with E-state index in [-0.39, 0.29) is 0 Å². The second-order valence-corrected chi connectivity index (χ2v) is 4.87. The van der Waals surface area contributed by atoms with Gasteiger partial charge in [-0.25, -0.2) is 0 Å². The number of nitrogens with zero attached hydrogens (tertiary/aromatic N) is 3. The highest BCUT2D eigenvalue weighted by atomic mass is 15.2. The van der Waals surface area contributed by atoms with Crippen LogP contribution in [0, 0.1) is 6.92 Å². The third-order valence-electron chi connectivity index (χ3n) is 3.47. The van der Waals surface area contributed by atoms with Crippen molar-refractivity contribution in [3.63, 3.8) is 0 Å². The maximum absolute atomic E-state index is 4.84. The van der Waals surface area contributed by atoms with E-state index in [9.17, 15) is 0 Å². The van der Waals surface area contributed by atoms with Crippen molar-refractivity contribution in [2.24, 2.45) is 7.05 Å². The van der Waals surface area contributed by atoms with E-state index in [4.69, 9.17) is 4.98 Å². The maximum Gasteiger partial charge on any atom is 0.0766 e. The fraction of sp³-hybridized carbons (Fsp3) is 0.429. The summed E-state index contributed by atoms with van der Waals surface area (Å²) in [5.74, 6) is 0. The van der Waals surface area contributed by atoms with Gasteiger partial charge in [-0.3, -0.25) is 9.67 Å². The highest BCUT2D eigenvalue weighted by Gasteiger charge is 2.14. The molecule has 0 unspecified atom stereocenters. The molecule has 0 saturated heterocycles. The Morgan fingerprint density at radius 1 is 1.24 bits per heavy atom. The molecule has 0 amide bonds. The first-order valence-electron chi connectivity index (χ1n) is 6.22. The molecule has 0 radical (unpaired) electrons. The molecule has 0 saturated carbocycles. The molecular weight excluding hydrogens is 210 g/mol. The van der Waals surface area contributed by atoms with Gasteiger partial charge in [-0.15, -0.1) is 0 Å². The molecule has 2 heterocycles. The molecule has 0 fully saturated rings. The van der Waals surface area contributed by atoms with E-state index in [0.717, 1.165) is 17.7 Å². The molecule has 88 valence electrons. The van der Waals surface area contributed by atoms with Crippen LogP contribution in [-0.2, 0) is 19.9 Å². The lowest BCUT2D eigenvalue weighted by Gasteiger charge is -2.17. The van der Waals surface area contributed by atoms with Crippen molar-refractivity contribution in [3.05, 3.63) is 35.3 Å². The number of hydrogen-bond acceptors (Lipinski definition) is 2. The SMILES string of the molecule is Cc1cc2c(nc1-c1cnn(C)c1)CCCC2. The van der Waals surface area contributed by atoms with E-state index in [2.05, 4.69) is 18.1 Å². The van der Waals surface area contributed by atoms with Crippen LogP contribution in [0.25, 0.3) is 11.3 Å². The molecule has 0 aromatic carbocycles. The van der Waals surface area contributed by atoms with Crippen LogP contribution in [0.3, 0.4) is 0 Å². The normalized spacial score (nSPS) is 14.7. The average molecular weight is 227 g/mol. The van der Waals surface area contributed by atoms with Crippen molar-refractivity contribution in [1.29, 1.82) is 0 Å². The second-order valence-electron chi connectivity index (χ2n) is 4.87. The Bertz CT molecular complexity index is 555. The summed E-state index contributed by atoms with van der Waals surface area (Å²) in [6.45, 7) is 2.14. The van der Waals surface area contributed by atoms with Crippen molar-refractivity contribution in [1.82, 2.24) is 14.8 Å². The minimum atomic E-state index is 1.10. The Morgan fingerprint density at radius 3 is 2.82 bits per heavy atom. The van der Waals surface area contributed by atoms with Gasteiger partial charge in [-0.05, 0) is 43.7 Å². The maximum atomic E-state index is 4.84. The highest BCUT2D eigenvalue weighted by molar-refractivity contribution is 5.62. The van der Waals surface area contributed by atoms with Gasteiger partial charge in [0, 0.05) is 24.5 Å². The lowest BCUT2D eigenvalue weighted by molar-refractivity contribution is 0.667. The Kier molecular flexibility index (Phi) is 2.46. The summed E-state index contributed by atoms with van der Waals surface area (Å²) in [7, 11) is 1.94. The van der Waals surface area contributed by atoms with Crippen LogP contribution in [0.2, 0.25) is 0 Å². The van der Waals surface area contributed by atoms with Gasteiger partial charge in [0.2, 0.25) is 0 Å². The monoisotopic (exact) mass is 227 g/mol. The quantitative estimate of drug-likeness (QED) is 0.750. The summed E-state index contributed by atoms with van der Waals surface area (Å²) in [4.78, 5) is 4.84. The Morgan fingerprint density at radius 2 is 2.06 bits per heavy atom. The van der Waals surface area contributed by atoms with Crippen LogP contribution in [0.4, 0.5) is 0 Å². The number of pyridine rings is 1. The van der Waals surface area contributed by atoms with E-state index in [0.29, 0.717) is 0 Å². The molecule has 2 aromatic heterocycles. The molecule has 0 aliphatic heterocycles. The van der Waals surface area contributed by atoms with E-state index in [1.54, 1.807) is 0 Å². The number of aryl methyl sites for hydroxylation is 4. The fourth-order valence-corrected chi connectivity index (χ4v) is 2.58. The van der Waals surface area contributed by atoms with Crippen molar-refractivity contribution >= 4 is 0 Å². The fourth-order valence-electron chi connectivity index (χ4n) is 2.58. The lowest BCUT2D eigenvalue weighted by Crippen LogP contribution is -2.07. The first-order valence-corrected chi connectivity index (χ1v) is 6.22. The summed E-state index contributed by atoms with van der Waals surface area (Å²) in [5.41, 5.74) is 6.22. The molecule has 0 bridgehead atoms. The predicted octanol–water partition coefficient (Wildman–Crippen LogP) is 2.67.